The molecule has 1 aromatic carbocycles. The Hall–Kier alpha value is -2.69. The molecule has 0 saturated carbocycles. The third kappa shape index (κ3) is 2.83. The van der Waals surface area contributed by atoms with Crippen LogP contribution in [0.1, 0.15) is 10.4 Å². The van der Waals surface area contributed by atoms with Gasteiger partial charge in [0, 0.05) is 19.7 Å². The lowest BCUT2D eigenvalue weighted by Crippen LogP contribution is -2.21. The molecule has 5 nitrogen and oxygen atoms in total. The number of anilines is 1. The lowest BCUT2D eigenvalue weighted by molar-refractivity contribution is 0.112. The number of aldehydes is 1. The fourth-order valence-corrected chi connectivity index (χ4v) is 2.38. The van der Waals surface area contributed by atoms with Crippen LogP contribution in [0.4, 0.5) is 5.82 Å². The second-order valence-electron chi connectivity index (χ2n) is 4.79. The number of carbonyl (C=O) groups excluding carboxylic acids is 1. The molecule has 1 heterocycles. The average molecular weight is 300 g/mol. The first kappa shape index (κ1) is 15.7. The van der Waals surface area contributed by atoms with E-state index in [0.29, 0.717) is 18.0 Å². The van der Waals surface area contributed by atoms with E-state index < -0.39 is 0 Å². The lowest BCUT2D eigenvalue weighted by Gasteiger charge is -2.21. The third-order valence-electron chi connectivity index (χ3n) is 3.40. The molecular weight excluding hydrogens is 280 g/mol. The number of likely N-dealkylation sites (N-methyl/N-ethyl adjacent to an activating group) is 1. The molecular formula is C17H20N2O3. The molecule has 5 heteroatoms. The molecule has 0 fully saturated rings. The van der Waals surface area contributed by atoms with E-state index in [2.05, 4.69) is 6.58 Å². The first-order chi connectivity index (χ1) is 10.7. The Morgan fingerprint density at radius 1 is 1.23 bits per heavy atom. The van der Waals surface area contributed by atoms with Gasteiger partial charge in [0.2, 0.25) is 0 Å². The minimum atomic E-state index is 0.567. The maximum absolute atomic E-state index is 11.4. The van der Waals surface area contributed by atoms with Crippen LogP contribution in [0, 0.1) is 0 Å². The van der Waals surface area contributed by atoms with E-state index in [1.54, 1.807) is 26.4 Å². The molecule has 2 aromatic rings. The monoisotopic (exact) mass is 300 g/mol. The van der Waals surface area contributed by atoms with Crippen LogP contribution in [0.15, 0.2) is 43.0 Å². The van der Waals surface area contributed by atoms with Crippen molar-refractivity contribution in [3.8, 4) is 17.3 Å². The highest BCUT2D eigenvalue weighted by Crippen LogP contribution is 2.33. The normalized spacial score (nSPS) is 10.1. The number of benzene rings is 1. The summed E-state index contributed by atoms with van der Waals surface area (Å²) in [5.74, 6) is 2.13. The summed E-state index contributed by atoms with van der Waals surface area (Å²) in [7, 11) is 5.11. The van der Waals surface area contributed by atoms with E-state index in [1.165, 1.54) is 0 Å². The molecule has 0 aliphatic rings. The number of ether oxygens (including phenoxy) is 2. The maximum atomic E-state index is 11.4. The highest BCUT2D eigenvalue weighted by atomic mass is 16.5. The van der Waals surface area contributed by atoms with Gasteiger partial charge in [0.15, 0.2) is 12.2 Å². The van der Waals surface area contributed by atoms with E-state index in [4.69, 9.17) is 9.47 Å². The molecule has 0 N–H and O–H groups in total. The van der Waals surface area contributed by atoms with Crippen molar-refractivity contribution < 1.29 is 14.3 Å². The quantitative estimate of drug-likeness (QED) is 0.582. The molecule has 0 spiro atoms. The molecule has 2 rings (SSSR count). The first-order valence-corrected chi connectivity index (χ1v) is 6.87. The SMILES string of the molecule is C=CCN(C)c1c(C=O)cc(OC)n1-c1ccc(OC)cc1. The minimum Gasteiger partial charge on any atom is -0.497 e. The molecule has 0 radical (unpaired) electrons. The van der Waals surface area contributed by atoms with Crippen LogP contribution in [0.2, 0.25) is 0 Å². The fraction of sp³-hybridized carbons (Fsp3) is 0.235. The molecule has 0 amide bonds. The Morgan fingerprint density at radius 2 is 1.91 bits per heavy atom. The molecule has 0 aliphatic heterocycles. The van der Waals surface area contributed by atoms with Crippen LogP contribution < -0.4 is 14.4 Å². The highest BCUT2D eigenvalue weighted by Gasteiger charge is 2.19. The summed E-state index contributed by atoms with van der Waals surface area (Å²) in [6.45, 7) is 4.36. The van der Waals surface area contributed by atoms with Crippen LogP contribution in [0.3, 0.4) is 0 Å². The van der Waals surface area contributed by atoms with Crippen molar-refractivity contribution in [2.45, 2.75) is 0 Å². The van der Waals surface area contributed by atoms with Crippen molar-refractivity contribution in [3.63, 3.8) is 0 Å². The lowest BCUT2D eigenvalue weighted by atomic mass is 10.3. The summed E-state index contributed by atoms with van der Waals surface area (Å²) < 4.78 is 12.5. The maximum Gasteiger partial charge on any atom is 0.200 e. The van der Waals surface area contributed by atoms with E-state index >= 15 is 0 Å². The second kappa shape index (κ2) is 6.85. The van der Waals surface area contributed by atoms with Crippen molar-refractivity contribution in [3.05, 3.63) is 48.6 Å². The van der Waals surface area contributed by atoms with E-state index in [9.17, 15) is 4.79 Å². The zero-order chi connectivity index (χ0) is 16.1. The van der Waals surface area contributed by atoms with Gasteiger partial charge in [0.05, 0.1) is 25.5 Å². The van der Waals surface area contributed by atoms with Gasteiger partial charge < -0.3 is 14.4 Å². The van der Waals surface area contributed by atoms with Crippen molar-refractivity contribution in [1.82, 2.24) is 4.57 Å². The van der Waals surface area contributed by atoms with Gasteiger partial charge in [0.1, 0.15) is 11.6 Å². The zero-order valence-corrected chi connectivity index (χ0v) is 13.1. The number of aromatic nitrogens is 1. The fourth-order valence-electron chi connectivity index (χ4n) is 2.38. The highest BCUT2D eigenvalue weighted by molar-refractivity contribution is 5.86. The van der Waals surface area contributed by atoms with E-state index in [1.807, 2.05) is 40.8 Å². The van der Waals surface area contributed by atoms with Gasteiger partial charge in [-0.3, -0.25) is 9.36 Å². The van der Waals surface area contributed by atoms with Gasteiger partial charge in [-0.25, -0.2) is 0 Å². The third-order valence-corrected chi connectivity index (χ3v) is 3.40. The standard InChI is InChI=1S/C17H20N2O3/c1-5-10-18(2)17-13(12-20)11-16(22-4)19(17)14-6-8-15(21-3)9-7-14/h5-9,11-12H,1,10H2,2-4H3. The Morgan fingerprint density at radius 3 is 2.41 bits per heavy atom. The second-order valence-corrected chi connectivity index (χ2v) is 4.79. The van der Waals surface area contributed by atoms with Crippen LogP contribution in [0.25, 0.3) is 5.69 Å². The summed E-state index contributed by atoms with van der Waals surface area (Å²) in [4.78, 5) is 13.4. The molecule has 0 aliphatic carbocycles. The van der Waals surface area contributed by atoms with Crippen LogP contribution >= 0.6 is 0 Å². The predicted molar refractivity (Wildman–Crippen MR) is 87.7 cm³/mol. The van der Waals surface area contributed by atoms with Gasteiger partial charge in [-0.05, 0) is 24.3 Å². The Bertz CT molecular complexity index is 659. The Labute approximate surface area is 130 Å². The molecule has 1 aromatic heterocycles. The van der Waals surface area contributed by atoms with Crippen LogP contribution in [-0.4, -0.2) is 38.7 Å². The number of hydrogen-bond donors (Lipinski definition) is 0. The number of methoxy groups -OCH3 is 2. The molecule has 0 unspecified atom stereocenters. The van der Waals surface area contributed by atoms with Crippen molar-refractivity contribution in [1.29, 1.82) is 0 Å². The average Bonchev–Trinajstić information content (AvgIpc) is 2.94. The molecule has 22 heavy (non-hydrogen) atoms. The topological polar surface area (TPSA) is 43.7 Å². The largest absolute Gasteiger partial charge is 0.497 e. The van der Waals surface area contributed by atoms with Crippen molar-refractivity contribution >= 4 is 12.1 Å². The summed E-state index contributed by atoms with van der Waals surface area (Å²) in [6.07, 6.45) is 2.61. The van der Waals surface area contributed by atoms with Gasteiger partial charge in [0.25, 0.3) is 0 Å². The minimum absolute atomic E-state index is 0.567. The van der Waals surface area contributed by atoms with E-state index in [-0.39, 0.29) is 0 Å². The van der Waals surface area contributed by atoms with Gasteiger partial charge in [-0.15, -0.1) is 6.58 Å². The predicted octanol–water partition coefficient (Wildman–Crippen LogP) is 2.93. The molecule has 0 atom stereocenters. The summed E-state index contributed by atoms with van der Waals surface area (Å²) in [6, 6.07) is 9.30. The number of carbonyl (C=O) groups is 1. The zero-order valence-electron chi connectivity index (χ0n) is 13.1. The van der Waals surface area contributed by atoms with Gasteiger partial charge in [-0.1, -0.05) is 6.08 Å². The summed E-state index contributed by atoms with van der Waals surface area (Å²) in [5.41, 5.74) is 1.45. The Kier molecular flexibility index (Phi) is 4.88. The summed E-state index contributed by atoms with van der Waals surface area (Å²) >= 11 is 0. The molecule has 0 bridgehead atoms. The van der Waals surface area contributed by atoms with Gasteiger partial charge in [-0.2, -0.15) is 0 Å². The van der Waals surface area contributed by atoms with Crippen LogP contribution in [0.5, 0.6) is 11.6 Å². The van der Waals surface area contributed by atoms with Crippen molar-refractivity contribution in [2.75, 3.05) is 32.7 Å². The Balaban J connectivity index is 2.62. The molecule has 116 valence electrons. The number of nitrogens with zero attached hydrogens (tertiary/aromatic N) is 2. The molecule has 0 saturated heterocycles. The van der Waals surface area contributed by atoms with Crippen LogP contribution in [-0.2, 0) is 0 Å². The first-order valence-electron chi connectivity index (χ1n) is 6.87. The summed E-state index contributed by atoms with van der Waals surface area (Å²) in [5, 5.41) is 0. The number of hydrogen-bond acceptors (Lipinski definition) is 4. The van der Waals surface area contributed by atoms with Gasteiger partial charge >= 0.3 is 0 Å². The van der Waals surface area contributed by atoms with Crippen molar-refractivity contribution in [2.24, 2.45) is 0 Å². The smallest absolute Gasteiger partial charge is 0.200 e. The van der Waals surface area contributed by atoms with E-state index in [0.717, 1.165) is 23.5 Å². The number of rotatable bonds is 7.